The molecule has 0 fully saturated rings. The fourth-order valence-electron chi connectivity index (χ4n) is 1.66. The average Bonchev–Trinajstić information content (AvgIpc) is 2.99. The molecule has 2 N–H and O–H groups in total. The van der Waals surface area contributed by atoms with Crippen molar-refractivity contribution < 1.29 is 13.2 Å². The molecule has 0 aliphatic rings. The van der Waals surface area contributed by atoms with Crippen LogP contribution in [0.5, 0.6) is 0 Å². The molecule has 0 saturated heterocycles. The highest BCUT2D eigenvalue weighted by molar-refractivity contribution is 7.89. The number of nitrogens with zero attached hydrogens (tertiary/aromatic N) is 3. The van der Waals surface area contributed by atoms with E-state index in [1.165, 1.54) is 42.2 Å². The van der Waals surface area contributed by atoms with Crippen molar-refractivity contribution in [2.75, 3.05) is 13.6 Å². The summed E-state index contributed by atoms with van der Waals surface area (Å²) in [6.07, 6.45) is 3.17. The summed E-state index contributed by atoms with van der Waals surface area (Å²) in [5, 5.41) is 9.83. The van der Waals surface area contributed by atoms with E-state index in [1.54, 1.807) is 6.20 Å². The van der Waals surface area contributed by atoms with Gasteiger partial charge in [-0.15, -0.1) is 5.10 Å². The van der Waals surface area contributed by atoms with Gasteiger partial charge in [0.25, 0.3) is 5.91 Å². The van der Waals surface area contributed by atoms with Crippen molar-refractivity contribution in [2.45, 2.75) is 11.4 Å². The molecule has 0 unspecified atom stereocenters. The zero-order valence-corrected chi connectivity index (χ0v) is 12.2. The molecule has 0 bridgehead atoms. The maximum Gasteiger partial charge on any atom is 0.251 e. The minimum Gasteiger partial charge on any atom is -0.355 e. The predicted molar refractivity (Wildman–Crippen MR) is 75.0 cm³/mol. The zero-order valence-electron chi connectivity index (χ0n) is 11.4. The maximum atomic E-state index is 12.1. The maximum absolute atomic E-state index is 12.1. The van der Waals surface area contributed by atoms with E-state index < -0.39 is 10.0 Å². The van der Waals surface area contributed by atoms with Gasteiger partial charge in [-0.3, -0.25) is 9.48 Å². The number of rotatable bonds is 6. The number of carbonyl (C=O) groups excluding carboxylic acids is 1. The first-order valence-electron chi connectivity index (χ1n) is 6.19. The second kappa shape index (κ2) is 6.46. The lowest BCUT2D eigenvalue weighted by molar-refractivity contribution is 0.0963. The van der Waals surface area contributed by atoms with E-state index in [-0.39, 0.29) is 17.3 Å². The highest BCUT2D eigenvalue weighted by atomic mass is 32.2. The number of carbonyl (C=O) groups is 1. The Morgan fingerprint density at radius 3 is 2.57 bits per heavy atom. The van der Waals surface area contributed by atoms with Crippen LogP contribution in [0.15, 0.2) is 41.6 Å². The van der Waals surface area contributed by atoms with E-state index in [1.807, 2.05) is 0 Å². The lowest BCUT2D eigenvalue weighted by atomic mass is 10.2. The Labute approximate surface area is 122 Å². The van der Waals surface area contributed by atoms with Crippen LogP contribution in [0.25, 0.3) is 0 Å². The van der Waals surface area contributed by atoms with Gasteiger partial charge in [0.15, 0.2) is 0 Å². The molecule has 9 heteroatoms. The van der Waals surface area contributed by atoms with Crippen LogP contribution in [-0.4, -0.2) is 42.9 Å². The van der Waals surface area contributed by atoms with E-state index in [2.05, 4.69) is 20.4 Å². The van der Waals surface area contributed by atoms with Crippen molar-refractivity contribution in [3.8, 4) is 0 Å². The van der Waals surface area contributed by atoms with Crippen molar-refractivity contribution in [1.29, 1.82) is 0 Å². The number of sulfonamides is 1. The fraction of sp³-hybridized carbons (Fsp3) is 0.250. The highest BCUT2D eigenvalue weighted by Gasteiger charge is 2.14. The Kier molecular flexibility index (Phi) is 4.66. The second-order valence-corrected chi connectivity index (χ2v) is 5.93. The standard InChI is InChI=1S/C12H15N5O3S/c1-13-12(18)10-2-4-11(5-3-10)21(19,20)15-7-9-17-8-6-14-16-17/h2-6,8,15H,7,9H2,1H3,(H,13,18). The summed E-state index contributed by atoms with van der Waals surface area (Å²) >= 11 is 0. The largest absolute Gasteiger partial charge is 0.355 e. The lowest BCUT2D eigenvalue weighted by Gasteiger charge is -2.07. The number of nitrogens with one attached hydrogen (secondary N) is 2. The SMILES string of the molecule is CNC(=O)c1ccc(S(=O)(=O)NCCn2ccnn2)cc1. The second-order valence-electron chi connectivity index (χ2n) is 4.17. The molecule has 1 aromatic heterocycles. The monoisotopic (exact) mass is 309 g/mol. The molecule has 112 valence electrons. The topological polar surface area (TPSA) is 106 Å². The van der Waals surface area contributed by atoms with E-state index in [0.29, 0.717) is 12.1 Å². The quantitative estimate of drug-likeness (QED) is 0.756. The molecule has 0 radical (unpaired) electrons. The van der Waals surface area contributed by atoms with Crippen LogP contribution in [0.2, 0.25) is 0 Å². The summed E-state index contributed by atoms with van der Waals surface area (Å²) in [5.74, 6) is -0.266. The van der Waals surface area contributed by atoms with Gasteiger partial charge in [-0.2, -0.15) is 0 Å². The smallest absolute Gasteiger partial charge is 0.251 e. The van der Waals surface area contributed by atoms with E-state index in [9.17, 15) is 13.2 Å². The number of hydrogen-bond donors (Lipinski definition) is 2. The van der Waals surface area contributed by atoms with E-state index in [4.69, 9.17) is 0 Å². The van der Waals surface area contributed by atoms with Crippen LogP contribution in [-0.2, 0) is 16.6 Å². The molecule has 0 atom stereocenters. The Hall–Kier alpha value is -2.26. The first kappa shape index (κ1) is 15.1. The minimum absolute atomic E-state index is 0.105. The molecule has 1 heterocycles. The van der Waals surface area contributed by atoms with Crippen LogP contribution in [0, 0.1) is 0 Å². The van der Waals surface area contributed by atoms with Gasteiger partial charge in [-0.05, 0) is 24.3 Å². The third-order valence-corrected chi connectivity index (χ3v) is 4.24. The fourth-order valence-corrected chi connectivity index (χ4v) is 2.68. The average molecular weight is 309 g/mol. The molecule has 1 amide bonds. The molecule has 2 aromatic rings. The molecule has 0 saturated carbocycles. The van der Waals surface area contributed by atoms with Crippen molar-refractivity contribution in [3.63, 3.8) is 0 Å². The predicted octanol–water partition coefficient (Wildman–Crippen LogP) is -0.384. The van der Waals surface area contributed by atoms with E-state index >= 15 is 0 Å². The van der Waals surface area contributed by atoms with Crippen LogP contribution in [0.4, 0.5) is 0 Å². The number of amides is 1. The van der Waals surface area contributed by atoms with Gasteiger partial charge < -0.3 is 5.32 Å². The number of benzene rings is 1. The van der Waals surface area contributed by atoms with Crippen LogP contribution >= 0.6 is 0 Å². The summed E-state index contributed by atoms with van der Waals surface area (Å²) in [7, 11) is -2.09. The first-order valence-corrected chi connectivity index (χ1v) is 7.67. The van der Waals surface area contributed by atoms with Crippen molar-refractivity contribution >= 4 is 15.9 Å². The van der Waals surface area contributed by atoms with Gasteiger partial charge in [0, 0.05) is 25.4 Å². The molecular weight excluding hydrogens is 294 g/mol. The summed E-state index contributed by atoms with van der Waals surface area (Å²) in [6, 6.07) is 5.71. The Balaban J connectivity index is 2.00. The Morgan fingerprint density at radius 1 is 1.29 bits per heavy atom. The molecule has 8 nitrogen and oxygen atoms in total. The molecule has 0 aliphatic carbocycles. The Bertz CT molecular complexity index is 695. The molecule has 21 heavy (non-hydrogen) atoms. The summed E-state index contributed by atoms with van der Waals surface area (Å²) in [6.45, 7) is 0.582. The third-order valence-electron chi connectivity index (χ3n) is 2.76. The van der Waals surface area contributed by atoms with Gasteiger partial charge in [-0.1, -0.05) is 5.21 Å². The van der Waals surface area contributed by atoms with Gasteiger partial charge in [-0.25, -0.2) is 13.1 Å². The van der Waals surface area contributed by atoms with Crippen LogP contribution in [0.1, 0.15) is 10.4 Å². The molecule has 2 rings (SSSR count). The van der Waals surface area contributed by atoms with Crippen molar-refractivity contribution in [2.24, 2.45) is 0 Å². The van der Waals surface area contributed by atoms with Crippen molar-refractivity contribution in [1.82, 2.24) is 25.0 Å². The lowest BCUT2D eigenvalue weighted by Crippen LogP contribution is -2.27. The number of aromatic nitrogens is 3. The summed E-state index contributed by atoms with van der Waals surface area (Å²) in [4.78, 5) is 11.5. The van der Waals surface area contributed by atoms with Crippen LogP contribution in [0.3, 0.4) is 0 Å². The van der Waals surface area contributed by atoms with Gasteiger partial charge >= 0.3 is 0 Å². The first-order chi connectivity index (χ1) is 10.0. The van der Waals surface area contributed by atoms with Gasteiger partial charge in [0.1, 0.15) is 0 Å². The summed E-state index contributed by atoms with van der Waals surface area (Å²) < 4.78 is 28.1. The zero-order chi connectivity index (χ0) is 15.3. The van der Waals surface area contributed by atoms with E-state index in [0.717, 1.165) is 0 Å². The van der Waals surface area contributed by atoms with Crippen molar-refractivity contribution in [3.05, 3.63) is 42.2 Å². The minimum atomic E-state index is -3.61. The van der Waals surface area contributed by atoms with Gasteiger partial charge in [0.05, 0.1) is 17.6 Å². The number of hydrogen-bond acceptors (Lipinski definition) is 5. The molecule has 0 aliphatic heterocycles. The Morgan fingerprint density at radius 2 is 2.00 bits per heavy atom. The van der Waals surface area contributed by atoms with Crippen LogP contribution < -0.4 is 10.0 Å². The summed E-state index contributed by atoms with van der Waals surface area (Å²) in [5.41, 5.74) is 0.402. The third kappa shape index (κ3) is 3.86. The van der Waals surface area contributed by atoms with Gasteiger partial charge in [0.2, 0.25) is 10.0 Å². The molecule has 0 spiro atoms. The molecule has 1 aromatic carbocycles. The normalized spacial score (nSPS) is 11.3. The highest BCUT2D eigenvalue weighted by Crippen LogP contribution is 2.10. The molecular formula is C12H15N5O3S.